The van der Waals surface area contributed by atoms with Crippen molar-refractivity contribution in [1.82, 2.24) is 4.98 Å². The van der Waals surface area contributed by atoms with Gasteiger partial charge in [-0.1, -0.05) is 13.8 Å². The summed E-state index contributed by atoms with van der Waals surface area (Å²) in [5, 5.41) is 0.558. The lowest BCUT2D eigenvalue weighted by Crippen LogP contribution is -2.38. The molecule has 0 radical (unpaired) electrons. The first-order valence-corrected chi connectivity index (χ1v) is 6.30. The van der Waals surface area contributed by atoms with Crippen molar-refractivity contribution in [2.45, 2.75) is 42.9 Å². The standard InChI is InChI=1S/C12H18N2S/c1-12(2)6-3-10(11(12)13)15-9-4-7-14-8-5-9/h4-5,7-8,10-11H,3,6,13H2,1-2H3. The van der Waals surface area contributed by atoms with Gasteiger partial charge in [0.1, 0.15) is 0 Å². The van der Waals surface area contributed by atoms with Gasteiger partial charge >= 0.3 is 0 Å². The Labute approximate surface area is 95.7 Å². The number of thioether (sulfide) groups is 1. The first-order chi connectivity index (χ1) is 7.09. The zero-order valence-corrected chi connectivity index (χ0v) is 10.1. The maximum atomic E-state index is 6.27. The number of nitrogens with two attached hydrogens (primary N) is 1. The van der Waals surface area contributed by atoms with Crippen molar-refractivity contribution >= 4 is 11.8 Å². The largest absolute Gasteiger partial charge is 0.326 e. The van der Waals surface area contributed by atoms with Crippen molar-refractivity contribution in [1.29, 1.82) is 0 Å². The van der Waals surface area contributed by atoms with Crippen LogP contribution in [0.1, 0.15) is 26.7 Å². The van der Waals surface area contributed by atoms with Crippen LogP contribution in [0, 0.1) is 5.41 Å². The molecule has 1 aliphatic carbocycles. The van der Waals surface area contributed by atoms with E-state index in [0.717, 1.165) is 0 Å². The predicted octanol–water partition coefficient (Wildman–Crippen LogP) is 2.69. The smallest absolute Gasteiger partial charge is 0.0278 e. The monoisotopic (exact) mass is 222 g/mol. The van der Waals surface area contributed by atoms with Crippen molar-refractivity contribution in [2.75, 3.05) is 0 Å². The maximum absolute atomic E-state index is 6.27. The minimum absolute atomic E-state index is 0.296. The summed E-state index contributed by atoms with van der Waals surface area (Å²) in [7, 11) is 0. The van der Waals surface area contributed by atoms with Crippen LogP contribution in [-0.4, -0.2) is 16.3 Å². The highest BCUT2D eigenvalue weighted by molar-refractivity contribution is 8.00. The zero-order valence-electron chi connectivity index (χ0n) is 9.31. The molecule has 3 heteroatoms. The lowest BCUT2D eigenvalue weighted by Gasteiger charge is -2.26. The van der Waals surface area contributed by atoms with E-state index in [2.05, 4.69) is 31.0 Å². The number of pyridine rings is 1. The number of aromatic nitrogens is 1. The van der Waals surface area contributed by atoms with Gasteiger partial charge in [-0.15, -0.1) is 11.8 Å². The third-order valence-electron chi connectivity index (χ3n) is 3.31. The van der Waals surface area contributed by atoms with Gasteiger partial charge in [0.15, 0.2) is 0 Å². The summed E-state index contributed by atoms with van der Waals surface area (Å²) in [6.45, 7) is 4.54. The summed E-state index contributed by atoms with van der Waals surface area (Å²) >= 11 is 1.90. The van der Waals surface area contributed by atoms with E-state index in [-0.39, 0.29) is 0 Å². The fraction of sp³-hybridized carbons (Fsp3) is 0.583. The van der Waals surface area contributed by atoms with Crippen LogP contribution in [0.15, 0.2) is 29.4 Å². The molecule has 0 bridgehead atoms. The molecule has 0 aliphatic heterocycles. The molecule has 2 atom stereocenters. The molecule has 1 aliphatic rings. The SMILES string of the molecule is CC1(C)CCC(Sc2ccncc2)C1N. The molecule has 0 saturated heterocycles. The van der Waals surface area contributed by atoms with Crippen LogP contribution in [0.25, 0.3) is 0 Å². The molecule has 1 heterocycles. The normalized spacial score (nSPS) is 29.3. The molecule has 1 aromatic heterocycles. The third-order valence-corrected chi connectivity index (χ3v) is 4.69. The van der Waals surface area contributed by atoms with Gasteiger partial charge in [-0.2, -0.15) is 0 Å². The second kappa shape index (κ2) is 4.14. The highest BCUT2D eigenvalue weighted by atomic mass is 32.2. The van der Waals surface area contributed by atoms with Crippen molar-refractivity contribution in [3.05, 3.63) is 24.5 Å². The molecule has 15 heavy (non-hydrogen) atoms. The number of hydrogen-bond acceptors (Lipinski definition) is 3. The van der Waals surface area contributed by atoms with Crippen LogP contribution < -0.4 is 5.73 Å². The van der Waals surface area contributed by atoms with Crippen molar-refractivity contribution in [3.63, 3.8) is 0 Å². The lowest BCUT2D eigenvalue weighted by molar-refractivity contribution is 0.334. The van der Waals surface area contributed by atoms with Crippen LogP contribution in [0.3, 0.4) is 0 Å². The summed E-state index contributed by atoms with van der Waals surface area (Å²) in [5.74, 6) is 0. The second-order valence-electron chi connectivity index (χ2n) is 4.89. The first-order valence-electron chi connectivity index (χ1n) is 5.42. The zero-order chi connectivity index (χ0) is 10.9. The fourth-order valence-electron chi connectivity index (χ4n) is 2.09. The van der Waals surface area contributed by atoms with E-state index < -0.39 is 0 Å². The van der Waals surface area contributed by atoms with Crippen molar-refractivity contribution in [2.24, 2.45) is 11.1 Å². The molecule has 2 N–H and O–H groups in total. The number of nitrogens with zero attached hydrogens (tertiary/aromatic N) is 1. The first kappa shape index (κ1) is 11.0. The van der Waals surface area contributed by atoms with Gasteiger partial charge in [0, 0.05) is 28.6 Å². The molecule has 2 unspecified atom stereocenters. The van der Waals surface area contributed by atoms with Crippen molar-refractivity contribution in [3.8, 4) is 0 Å². The van der Waals surface area contributed by atoms with E-state index in [1.165, 1.54) is 17.7 Å². The molecule has 1 saturated carbocycles. The van der Waals surface area contributed by atoms with Gasteiger partial charge in [0.2, 0.25) is 0 Å². The van der Waals surface area contributed by atoms with E-state index in [4.69, 9.17) is 5.73 Å². The third kappa shape index (κ3) is 2.34. The molecule has 0 aromatic carbocycles. The minimum atomic E-state index is 0.296. The van der Waals surface area contributed by atoms with Gasteiger partial charge in [0.25, 0.3) is 0 Å². The van der Waals surface area contributed by atoms with Crippen LogP contribution in [0.5, 0.6) is 0 Å². The number of hydrogen-bond donors (Lipinski definition) is 1. The van der Waals surface area contributed by atoms with Crippen LogP contribution in [-0.2, 0) is 0 Å². The average Bonchev–Trinajstić information content (AvgIpc) is 2.47. The average molecular weight is 222 g/mol. The Morgan fingerprint density at radius 2 is 2.07 bits per heavy atom. The molecule has 1 fully saturated rings. The van der Waals surface area contributed by atoms with Gasteiger partial charge in [0.05, 0.1) is 0 Å². The van der Waals surface area contributed by atoms with Gasteiger partial charge < -0.3 is 5.73 Å². The molecule has 1 aromatic rings. The molecule has 2 nitrogen and oxygen atoms in total. The van der Waals surface area contributed by atoms with E-state index in [0.29, 0.717) is 16.7 Å². The Hall–Kier alpha value is -0.540. The van der Waals surface area contributed by atoms with E-state index in [9.17, 15) is 0 Å². The second-order valence-corrected chi connectivity index (χ2v) is 6.20. The Morgan fingerprint density at radius 3 is 2.60 bits per heavy atom. The Morgan fingerprint density at radius 1 is 1.40 bits per heavy atom. The van der Waals surface area contributed by atoms with Crippen molar-refractivity contribution < 1.29 is 0 Å². The van der Waals surface area contributed by atoms with Crippen LogP contribution >= 0.6 is 11.8 Å². The maximum Gasteiger partial charge on any atom is 0.0278 e. The summed E-state index contributed by atoms with van der Waals surface area (Å²) in [6.07, 6.45) is 6.14. The molecule has 0 amide bonds. The van der Waals surface area contributed by atoms with Gasteiger partial charge in [-0.05, 0) is 30.4 Å². The summed E-state index contributed by atoms with van der Waals surface area (Å²) in [5.41, 5.74) is 6.56. The molecular formula is C12H18N2S. The Bertz CT molecular complexity index is 324. The summed E-state index contributed by atoms with van der Waals surface area (Å²) in [6, 6.07) is 4.42. The molecule has 0 spiro atoms. The van der Waals surface area contributed by atoms with E-state index in [1.807, 2.05) is 24.2 Å². The summed E-state index contributed by atoms with van der Waals surface area (Å²) < 4.78 is 0. The predicted molar refractivity (Wildman–Crippen MR) is 64.9 cm³/mol. The Kier molecular flexibility index (Phi) is 3.03. The molecule has 2 rings (SSSR count). The summed E-state index contributed by atoms with van der Waals surface area (Å²) in [4.78, 5) is 5.30. The quantitative estimate of drug-likeness (QED) is 0.836. The van der Waals surface area contributed by atoms with Gasteiger partial charge in [-0.25, -0.2) is 0 Å². The molecule has 82 valence electrons. The number of rotatable bonds is 2. The lowest BCUT2D eigenvalue weighted by atomic mass is 9.88. The van der Waals surface area contributed by atoms with Crippen LogP contribution in [0.4, 0.5) is 0 Å². The Balaban J connectivity index is 2.03. The highest BCUT2D eigenvalue weighted by Crippen LogP contribution is 2.43. The minimum Gasteiger partial charge on any atom is -0.326 e. The van der Waals surface area contributed by atoms with Gasteiger partial charge in [-0.3, -0.25) is 4.98 Å². The topological polar surface area (TPSA) is 38.9 Å². The fourth-order valence-corrected chi connectivity index (χ4v) is 3.47. The highest BCUT2D eigenvalue weighted by Gasteiger charge is 2.39. The van der Waals surface area contributed by atoms with E-state index >= 15 is 0 Å². The molecular weight excluding hydrogens is 204 g/mol. The van der Waals surface area contributed by atoms with E-state index in [1.54, 1.807) is 0 Å². The van der Waals surface area contributed by atoms with Crippen LogP contribution in [0.2, 0.25) is 0 Å².